The Labute approximate surface area is 124 Å². The Bertz CT molecular complexity index is 608. The van der Waals surface area contributed by atoms with Gasteiger partial charge >= 0.3 is 5.97 Å². The Morgan fingerprint density at radius 3 is 2.95 bits per heavy atom. The minimum absolute atomic E-state index is 0.204. The van der Waals surface area contributed by atoms with Gasteiger partial charge < -0.3 is 19.2 Å². The Morgan fingerprint density at radius 2 is 2.33 bits per heavy atom. The lowest BCUT2D eigenvalue weighted by Crippen LogP contribution is -2.37. The van der Waals surface area contributed by atoms with Crippen molar-refractivity contribution in [3.05, 3.63) is 29.5 Å². The Hall–Kier alpha value is -2.19. The molecule has 0 unspecified atom stereocenters. The van der Waals surface area contributed by atoms with Gasteiger partial charge in [0, 0.05) is 13.7 Å². The monoisotopic (exact) mass is 310 g/mol. The summed E-state index contributed by atoms with van der Waals surface area (Å²) in [5.41, 5.74) is 0. The van der Waals surface area contributed by atoms with Crippen molar-refractivity contribution in [3.63, 3.8) is 0 Å². The fourth-order valence-electron chi connectivity index (χ4n) is 1.66. The first kappa shape index (κ1) is 15.2. The molecule has 0 atom stereocenters. The van der Waals surface area contributed by atoms with Crippen molar-refractivity contribution < 1.29 is 23.8 Å². The van der Waals surface area contributed by atoms with Gasteiger partial charge in [-0.1, -0.05) is 0 Å². The number of carboxylic acid groups (broad SMARTS) is 1. The zero-order chi connectivity index (χ0) is 15.2. The third kappa shape index (κ3) is 3.89. The zero-order valence-electron chi connectivity index (χ0n) is 11.3. The number of hydrogen-bond acceptors (Lipinski definition) is 6. The summed E-state index contributed by atoms with van der Waals surface area (Å²) in [6, 6.07) is 3.47. The molecule has 2 heterocycles. The number of carbonyl (C=O) groups is 2. The standard InChI is InChI=1S/C13H14N2O5S/c1-19-6-4-15(8-11(16)17)13(18)10-7-14-12(21-10)9-3-2-5-20-9/h2-3,5,7H,4,6,8H2,1H3,(H,16,17). The second kappa shape index (κ2) is 7.00. The van der Waals surface area contributed by atoms with Gasteiger partial charge in [0.2, 0.25) is 0 Å². The van der Waals surface area contributed by atoms with Crippen LogP contribution in [0.1, 0.15) is 9.67 Å². The lowest BCUT2D eigenvalue weighted by atomic mass is 10.4. The summed E-state index contributed by atoms with van der Waals surface area (Å²) in [6.07, 6.45) is 2.94. The second-order valence-corrected chi connectivity index (χ2v) is 5.15. The minimum atomic E-state index is -1.07. The predicted molar refractivity (Wildman–Crippen MR) is 75.2 cm³/mol. The number of hydrogen-bond donors (Lipinski definition) is 1. The highest BCUT2D eigenvalue weighted by Gasteiger charge is 2.21. The molecular weight excluding hydrogens is 296 g/mol. The molecule has 0 bridgehead atoms. The number of thiazole rings is 1. The molecule has 0 saturated heterocycles. The molecule has 2 aromatic heterocycles. The number of carboxylic acids is 1. The van der Waals surface area contributed by atoms with Crippen LogP contribution in [0.2, 0.25) is 0 Å². The van der Waals surface area contributed by atoms with E-state index in [9.17, 15) is 9.59 Å². The van der Waals surface area contributed by atoms with Gasteiger partial charge in [-0.2, -0.15) is 0 Å². The summed E-state index contributed by atoms with van der Waals surface area (Å²) in [5.74, 6) is -0.888. The Kier molecular flexibility index (Phi) is 5.07. The molecule has 1 N–H and O–H groups in total. The van der Waals surface area contributed by atoms with E-state index in [1.807, 2.05) is 0 Å². The SMILES string of the molecule is COCCN(CC(=O)O)C(=O)c1cnc(-c2ccco2)s1. The van der Waals surface area contributed by atoms with Crippen molar-refractivity contribution in [2.45, 2.75) is 0 Å². The molecule has 0 radical (unpaired) electrons. The summed E-state index contributed by atoms with van der Waals surface area (Å²) in [6.45, 7) is 0.0919. The van der Waals surface area contributed by atoms with Crippen molar-refractivity contribution in [1.29, 1.82) is 0 Å². The van der Waals surface area contributed by atoms with Crippen LogP contribution < -0.4 is 0 Å². The van der Waals surface area contributed by atoms with Gasteiger partial charge in [0.25, 0.3) is 5.91 Å². The van der Waals surface area contributed by atoms with E-state index >= 15 is 0 Å². The van der Waals surface area contributed by atoms with Gasteiger partial charge in [0.1, 0.15) is 11.4 Å². The van der Waals surface area contributed by atoms with Crippen LogP contribution in [0.4, 0.5) is 0 Å². The normalized spacial score (nSPS) is 10.5. The van der Waals surface area contributed by atoms with Gasteiger partial charge in [0.05, 0.1) is 19.1 Å². The van der Waals surface area contributed by atoms with Crippen LogP contribution in [0, 0.1) is 0 Å². The van der Waals surface area contributed by atoms with E-state index in [0.717, 1.165) is 11.3 Å². The molecule has 0 aliphatic carbocycles. The molecule has 2 aromatic rings. The number of methoxy groups -OCH3 is 1. The highest BCUT2D eigenvalue weighted by Crippen LogP contribution is 2.26. The van der Waals surface area contributed by atoms with Crippen LogP contribution in [0.3, 0.4) is 0 Å². The van der Waals surface area contributed by atoms with Gasteiger partial charge in [0.15, 0.2) is 10.8 Å². The Morgan fingerprint density at radius 1 is 1.52 bits per heavy atom. The molecule has 21 heavy (non-hydrogen) atoms. The van der Waals surface area contributed by atoms with Crippen molar-refractivity contribution in [1.82, 2.24) is 9.88 Å². The summed E-state index contributed by atoms with van der Waals surface area (Å²) in [5, 5.41) is 9.45. The number of rotatable bonds is 7. The van der Waals surface area contributed by atoms with Crippen LogP contribution in [-0.2, 0) is 9.53 Å². The molecule has 0 fully saturated rings. The van der Waals surface area contributed by atoms with Crippen molar-refractivity contribution >= 4 is 23.2 Å². The van der Waals surface area contributed by atoms with E-state index in [2.05, 4.69) is 4.98 Å². The molecule has 0 aliphatic heterocycles. The summed E-state index contributed by atoms with van der Waals surface area (Å²) in [4.78, 5) is 28.8. The number of ether oxygens (including phenoxy) is 1. The van der Waals surface area contributed by atoms with E-state index in [0.29, 0.717) is 15.6 Å². The summed E-state index contributed by atoms with van der Waals surface area (Å²) >= 11 is 1.16. The summed E-state index contributed by atoms with van der Waals surface area (Å²) in [7, 11) is 1.49. The zero-order valence-corrected chi connectivity index (χ0v) is 12.1. The molecule has 0 aromatic carbocycles. The van der Waals surface area contributed by atoms with Crippen molar-refractivity contribution in [2.75, 3.05) is 26.8 Å². The van der Waals surface area contributed by atoms with Gasteiger partial charge in [-0.3, -0.25) is 9.59 Å². The topological polar surface area (TPSA) is 92.9 Å². The van der Waals surface area contributed by atoms with Gasteiger partial charge in [-0.05, 0) is 12.1 Å². The fraction of sp³-hybridized carbons (Fsp3) is 0.308. The first-order valence-corrected chi connectivity index (χ1v) is 6.93. The maximum absolute atomic E-state index is 12.3. The van der Waals surface area contributed by atoms with Crippen molar-refractivity contribution in [3.8, 4) is 10.8 Å². The molecule has 0 aliphatic rings. The molecule has 1 amide bonds. The Balaban J connectivity index is 2.14. The highest BCUT2D eigenvalue weighted by molar-refractivity contribution is 7.16. The highest BCUT2D eigenvalue weighted by atomic mass is 32.1. The van der Waals surface area contributed by atoms with E-state index in [1.165, 1.54) is 24.5 Å². The largest absolute Gasteiger partial charge is 0.480 e. The quantitative estimate of drug-likeness (QED) is 0.834. The number of carbonyl (C=O) groups excluding carboxylic acids is 1. The van der Waals surface area contributed by atoms with Crippen LogP contribution in [0.15, 0.2) is 29.0 Å². The van der Waals surface area contributed by atoms with Gasteiger partial charge in [-0.25, -0.2) is 4.98 Å². The predicted octanol–water partition coefficient (Wildman–Crippen LogP) is 1.58. The molecular formula is C13H14N2O5S. The first-order chi connectivity index (χ1) is 10.1. The van der Waals surface area contributed by atoms with E-state index < -0.39 is 5.97 Å². The average Bonchev–Trinajstić information content (AvgIpc) is 3.11. The van der Waals surface area contributed by atoms with Gasteiger partial charge in [-0.15, -0.1) is 11.3 Å². The molecule has 112 valence electrons. The number of amides is 1. The van der Waals surface area contributed by atoms with E-state index in [1.54, 1.807) is 12.1 Å². The molecule has 0 saturated carbocycles. The third-order valence-corrected chi connectivity index (χ3v) is 3.63. The van der Waals surface area contributed by atoms with E-state index in [-0.39, 0.29) is 25.6 Å². The van der Waals surface area contributed by atoms with Crippen LogP contribution in [0.25, 0.3) is 10.8 Å². The van der Waals surface area contributed by atoms with Crippen LogP contribution in [-0.4, -0.2) is 53.7 Å². The third-order valence-electron chi connectivity index (χ3n) is 2.63. The maximum atomic E-state index is 12.3. The molecule has 2 rings (SSSR count). The van der Waals surface area contributed by atoms with Crippen LogP contribution >= 0.6 is 11.3 Å². The number of aliphatic carboxylic acids is 1. The lowest BCUT2D eigenvalue weighted by Gasteiger charge is -2.19. The second-order valence-electron chi connectivity index (χ2n) is 4.12. The average molecular weight is 310 g/mol. The summed E-state index contributed by atoms with van der Waals surface area (Å²) < 4.78 is 10.1. The van der Waals surface area contributed by atoms with Crippen LogP contribution in [0.5, 0.6) is 0 Å². The molecule has 8 heteroatoms. The maximum Gasteiger partial charge on any atom is 0.323 e. The lowest BCUT2D eigenvalue weighted by molar-refractivity contribution is -0.137. The minimum Gasteiger partial charge on any atom is -0.480 e. The molecule has 7 nitrogen and oxygen atoms in total. The fourth-order valence-corrected chi connectivity index (χ4v) is 2.51. The first-order valence-electron chi connectivity index (χ1n) is 6.11. The number of nitrogens with zero attached hydrogens (tertiary/aromatic N) is 2. The van der Waals surface area contributed by atoms with Crippen molar-refractivity contribution in [2.24, 2.45) is 0 Å². The smallest absolute Gasteiger partial charge is 0.323 e. The number of furan rings is 1. The van der Waals surface area contributed by atoms with E-state index in [4.69, 9.17) is 14.3 Å². The number of aromatic nitrogens is 1. The molecule has 0 spiro atoms.